The third kappa shape index (κ3) is 2.33. The molecule has 1 N–H and O–H groups in total. The molecule has 1 heterocycles. The van der Waals surface area contributed by atoms with Gasteiger partial charge < -0.3 is 5.32 Å². The van der Waals surface area contributed by atoms with Crippen molar-refractivity contribution >= 4 is 11.6 Å². The molecule has 5 heteroatoms. The molecule has 18 heavy (non-hydrogen) atoms. The van der Waals surface area contributed by atoms with Crippen molar-refractivity contribution < 1.29 is 9.18 Å². The van der Waals surface area contributed by atoms with E-state index >= 15 is 0 Å². The molecule has 0 spiro atoms. The summed E-state index contributed by atoms with van der Waals surface area (Å²) in [5.74, 6) is -0.996. The van der Waals surface area contributed by atoms with Crippen molar-refractivity contribution in [2.45, 2.75) is 32.1 Å². The van der Waals surface area contributed by atoms with E-state index in [9.17, 15) is 14.4 Å². The van der Waals surface area contributed by atoms with E-state index in [1.807, 2.05) is 0 Å². The number of aromatic nitrogens is 1. The topological polar surface area (TPSA) is 65.8 Å². The second kappa shape index (κ2) is 5.13. The van der Waals surface area contributed by atoms with Gasteiger partial charge in [-0.1, -0.05) is 19.3 Å². The molecule has 0 aromatic carbocycles. The average Bonchev–Trinajstić information content (AvgIpc) is 2.42. The summed E-state index contributed by atoms with van der Waals surface area (Å²) in [4.78, 5) is 15.8. The molecule has 1 aromatic heterocycles. The maximum Gasteiger partial charge on any atom is 0.244 e. The number of anilines is 1. The van der Waals surface area contributed by atoms with Crippen LogP contribution < -0.4 is 5.32 Å². The van der Waals surface area contributed by atoms with Gasteiger partial charge in [0.1, 0.15) is 5.41 Å². The number of nitrogens with zero attached hydrogens (tertiary/aromatic N) is 2. The number of carbonyl (C=O) groups excluding carboxylic acids is 1. The van der Waals surface area contributed by atoms with E-state index in [0.717, 1.165) is 25.5 Å². The maximum absolute atomic E-state index is 13.4. The third-order valence-corrected chi connectivity index (χ3v) is 3.38. The summed E-state index contributed by atoms with van der Waals surface area (Å²) in [5.41, 5.74) is -0.927. The van der Waals surface area contributed by atoms with E-state index in [1.165, 1.54) is 12.3 Å². The summed E-state index contributed by atoms with van der Waals surface area (Å²) < 4.78 is 13.4. The molecule has 0 unspecified atom stereocenters. The number of pyridine rings is 1. The molecule has 4 nitrogen and oxygen atoms in total. The molecule has 1 fully saturated rings. The summed E-state index contributed by atoms with van der Waals surface area (Å²) in [7, 11) is 0. The van der Waals surface area contributed by atoms with Crippen molar-refractivity contribution in [1.82, 2.24) is 4.98 Å². The highest BCUT2D eigenvalue weighted by Crippen LogP contribution is 2.36. The number of rotatable bonds is 2. The van der Waals surface area contributed by atoms with Crippen molar-refractivity contribution in [3.8, 4) is 6.07 Å². The van der Waals surface area contributed by atoms with Gasteiger partial charge in [-0.25, -0.2) is 4.39 Å². The number of carbonyl (C=O) groups is 1. The molecule has 1 aliphatic rings. The van der Waals surface area contributed by atoms with Crippen molar-refractivity contribution in [3.05, 3.63) is 24.3 Å². The Morgan fingerprint density at radius 1 is 1.44 bits per heavy atom. The van der Waals surface area contributed by atoms with Crippen LogP contribution in [0.2, 0.25) is 0 Å². The van der Waals surface area contributed by atoms with Crippen LogP contribution in [0.1, 0.15) is 32.1 Å². The highest BCUT2D eigenvalue weighted by molar-refractivity contribution is 5.97. The molecule has 1 aliphatic carbocycles. The summed E-state index contributed by atoms with van der Waals surface area (Å²) in [6.45, 7) is 0. The Balaban J connectivity index is 2.16. The normalized spacial score (nSPS) is 17.8. The Morgan fingerprint density at radius 2 is 2.17 bits per heavy atom. The Labute approximate surface area is 105 Å². The Hall–Kier alpha value is -1.96. The summed E-state index contributed by atoms with van der Waals surface area (Å²) in [5, 5.41) is 11.7. The Morgan fingerprint density at radius 3 is 2.78 bits per heavy atom. The van der Waals surface area contributed by atoms with Gasteiger partial charge in [0.05, 0.1) is 18.0 Å². The fourth-order valence-corrected chi connectivity index (χ4v) is 2.26. The lowest BCUT2D eigenvalue weighted by molar-refractivity contribution is -0.124. The van der Waals surface area contributed by atoms with E-state index in [2.05, 4.69) is 16.4 Å². The zero-order valence-electron chi connectivity index (χ0n) is 9.95. The van der Waals surface area contributed by atoms with Crippen LogP contribution in [-0.4, -0.2) is 10.9 Å². The highest BCUT2D eigenvalue weighted by atomic mass is 19.1. The maximum atomic E-state index is 13.4. The summed E-state index contributed by atoms with van der Waals surface area (Å²) in [6.07, 6.45) is 6.29. The van der Waals surface area contributed by atoms with Crippen molar-refractivity contribution in [1.29, 1.82) is 5.26 Å². The minimum Gasteiger partial charge on any atom is -0.322 e. The van der Waals surface area contributed by atoms with Crippen LogP contribution in [0.4, 0.5) is 10.1 Å². The van der Waals surface area contributed by atoms with Gasteiger partial charge in [0.15, 0.2) is 5.82 Å². The first-order valence-electron chi connectivity index (χ1n) is 6.00. The van der Waals surface area contributed by atoms with Crippen molar-refractivity contribution in [2.24, 2.45) is 5.41 Å². The standard InChI is InChI=1S/C13H14FN3O/c14-10-8-16-7-4-11(10)17-12(18)13(9-15)5-2-1-3-6-13/h4,7-8H,1-3,5-6H2,(H,16,17,18). The monoisotopic (exact) mass is 247 g/mol. The second-order valence-electron chi connectivity index (χ2n) is 4.56. The molecule has 0 radical (unpaired) electrons. The van der Waals surface area contributed by atoms with Gasteiger partial charge in [0.2, 0.25) is 5.91 Å². The van der Waals surface area contributed by atoms with Crippen LogP contribution in [0.5, 0.6) is 0 Å². The number of hydrogen-bond donors (Lipinski definition) is 1. The molecule has 0 saturated heterocycles. The van der Waals surface area contributed by atoms with Gasteiger partial charge in [-0.2, -0.15) is 5.26 Å². The van der Waals surface area contributed by atoms with Crippen molar-refractivity contribution in [2.75, 3.05) is 5.32 Å². The average molecular weight is 247 g/mol. The van der Waals surface area contributed by atoms with Gasteiger partial charge in [-0.3, -0.25) is 9.78 Å². The van der Waals surface area contributed by atoms with Crippen LogP contribution in [0.25, 0.3) is 0 Å². The SMILES string of the molecule is N#CC1(C(=O)Nc2ccncc2F)CCCCC1. The molecule has 1 amide bonds. The molecule has 1 saturated carbocycles. The smallest absolute Gasteiger partial charge is 0.244 e. The summed E-state index contributed by atoms with van der Waals surface area (Å²) >= 11 is 0. The van der Waals surface area contributed by atoms with Crippen LogP contribution in [0, 0.1) is 22.6 Å². The van der Waals surface area contributed by atoms with Crippen LogP contribution in [0.15, 0.2) is 18.5 Å². The molecule has 0 bridgehead atoms. The number of nitriles is 1. The molecule has 0 aliphatic heterocycles. The van der Waals surface area contributed by atoms with Crippen LogP contribution in [-0.2, 0) is 4.79 Å². The molecule has 2 rings (SSSR count). The number of halogens is 1. The zero-order chi connectivity index (χ0) is 13.0. The van der Waals surface area contributed by atoms with E-state index in [0.29, 0.717) is 12.8 Å². The van der Waals surface area contributed by atoms with Gasteiger partial charge in [0.25, 0.3) is 0 Å². The Kier molecular flexibility index (Phi) is 3.56. The minimum absolute atomic E-state index is 0.0789. The van der Waals surface area contributed by atoms with Crippen LogP contribution >= 0.6 is 0 Å². The zero-order valence-corrected chi connectivity index (χ0v) is 9.95. The number of amides is 1. The molecule has 94 valence electrons. The first kappa shape index (κ1) is 12.5. The fourth-order valence-electron chi connectivity index (χ4n) is 2.26. The van der Waals surface area contributed by atoms with Crippen LogP contribution in [0.3, 0.4) is 0 Å². The van der Waals surface area contributed by atoms with E-state index in [1.54, 1.807) is 0 Å². The molecular weight excluding hydrogens is 233 g/mol. The van der Waals surface area contributed by atoms with E-state index < -0.39 is 17.1 Å². The van der Waals surface area contributed by atoms with Gasteiger partial charge in [-0.05, 0) is 18.9 Å². The highest BCUT2D eigenvalue weighted by Gasteiger charge is 2.40. The first-order valence-corrected chi connectivity index (χ1v) is 6.00. The predicted molar refractivity (Wildman–Crippen MR) is 64.0 cm³/mol. The lowest BCUT2D eigenvalue weighted by Gasteiger charge is -2.29. The lowest BCUT2D eigenvalue weighted by atomic mass is 9.74. The van der Waals surface area contributed by atoms with E-state index in [-0.39, 0.29) is 5.69 Å². The van der Waals surface area contributed by atoms with Gasteiger partial charge in [0, 0.05) is 6.20 Å². The summed E-state index contributed by atoms with van der Waals surface area (Å²) in [6, 6.07) is 3.50. The minimum atomic E-state index is -1.01. The largest absolute Gasteiger partial charge is 0.322 e. The fraction of sp³-hybridized carbons (Fsp3) is 0.462. The number of nitrogens with one attached hydrogen (secondary N) is 1. The quantitative estimate of drug-likeness (QED) is 0.873. The predicted octanol–water partition coefficient (Wildman–Crippen LogP) is 2.63. The lowest BCUT2D eigenvalue weighted by Crippen LogP contribution is -2.37. The Bertz CT molecular complexity index is 489. The third-order valence-electron chi connectivity index (χ3n) is 3.38. The first-order chi connectivity index (χ1) is 8.68. The van der Waals surface area contributed by atoms with Gasteiger partial charge in [-0.15, -0.1) is 0 Å². The molecule has 1 aromatic rings. The van der Waals surface area contributed by atoms with Crippen molar-refractivity contribution in [3.63, 3.8) is 0 Å². The second-order valence-corrected chi connectivity index (χ2v) is 4.56. The number of hydrogen-bond acceptors (Lipinski definition) is 3. The molecule has 0 atom stereocenters. The molecular formula is C13H14FN3O. The van der Waals surface area contributed by atoms with E-state index in [4.69, 9.17) is 0 Å². The van der Waals surface area contributed by atoms with Gasteiger partial charge >= 0.3 is 0 Å².